The summed E-state index contributed by atoms with van der Waals surface area (Å²) in [5.41, 5.74) is 5.53. The molecule has 8 bridgehead atoms. The standard InChI is InChI=1S/C23H26N6.Cu/c1-22(2)16-9-7-14(24-16)11-15-8-10-17(25-15)23(3,4)19-13-29(6)21(27-19)20-26-18(22)12-28(20)5;/h7-10,12-13H,11H2,1-6H3;/q-2;+2. The van der Waals surface area contributed by atoms with Crippen molar-refractivity contribution in [3.8, 4) is 11.6 Å². The molecule has 0 atom stereocenters. The van der Waals surface area contributed by atoms with Crippen LogP contribution in [-0.4, -0.2) is 19.1 Å². The predicted octanol–water partition coefficient (Wildman–Crippen LogP) is 3.29. The number of rotatable bonds is 0. The van der Waals surface area contributed by atoms with Crippen LogP contribution >= 0.6 is 0 Å². The fraction of sp³-hybridized carbons (Fsp3) is 0.391. The molecule has 159 valence electrons. The van der Waals surface area contributed by atoms with Crippen molar-refractivity contribution in [2.45, 2.75) is 44.9 Å². The summed E-state index contributed by atoms with van der Waals surface area (Å²) in [6, 6.07) is 8.44. The molecule has 7 heteroatoms. The maximum atomic E-state index is 5.00. The molecule has 0 aliphatic carbocycles. The van der Waals surface area contributed by atoms with Crippen LogP contribution in [0.2, 0.25) is 0 Å². The fourth-order valence-corrected chi connectivity index (χ4v) is 4.10. The summed E-state index contributed by atoms with van der Waals surface area (Å²) in [6.45, 7) is 8.70. The number of hydrogen-bond donors (Lipinski definition) is 0. The Labute approximate surface area is 187 Å². The zero-order valence-corrected chi connectivity index (χ0v) is 19.1. The van der Waals surface area contributed by atoms with Gasteiger partial charge in [0.25, 0.3) is 0 Å². The largest absolute Gasteiger partial charge is 2.00 e. The third-order valence-corrected chi connectivity index (χ3v) is 6.27. The van der Waals surface area contributed by atoms with Crippen LogP contribution in [0.5, 0.6) is 0 Å². The average Bonchev–Trinajstić information content (AvgIpc) is 3.41. The summed E-state index contributed by atoms with van der Waals surface area (Å²) in [5.74, 6) is 1.71. The molecule has 1 radical (unpaired) electrons. The fourth-order valence-electron chi connectivity index (χ4n) is 4.10. The molecular weight excluding hydrogens is 424 g/mol. The number of fused-ring (bicyclic) bond motifs is 9. The van der Waals surface area contributed by atoms with Crippen molar-refractivity contribution in [3.05, 3.63) is 70.8 Å². The first-order chi connectivity index (χ1) is 13.7. The van der Waals surface area contributed by atoms with Crippen LogP contribution in [0.25, 0.3) is 11.6 Å². The van der Waals surface area contributed by atoms with Gasteiger partial charge in [0.2, 0.25) is 0 Å². The van der Waals surface area contributed by atoms with E-state index in [4.69, 9.17) is 19.9 Å². The van der Waals surface area contributed by atoms with Crippen LogP contribution in [0.15, 0.2) is 36.7 Å². The number of aromatic nitrogens is 6. The molecule has 0 aromatic carbocycles. The van der Waals surface area contributed by atoms with Gasteiger partial charge in [-0.15, -0.1) is 11.4 Å². The summed E-state index contributed by atoms with van der Waals surface area (Å²) in [5, 5.41) is 0. The monoisotopic (exact) mass is 449 g/mol. The van der Waals surface area contributed by atoms with Crippen LogP contribution in [0.3, 0.4) is 0 Å². The van der Waals surface area contributed by atoms with Gasteiger partial charge in [-0.25, -0.2) is 9.97 Å². The van der Waals surface area contributed by atoms with E-state index in [0.29, 0.717) is 0 Å². The van der Waals surface area contributed by atoms with E-state index in [1.54, 1.807) is 0 Å². The Balaban J connectivity index is 0.00000218. The van der Waals surface area contributed by atoms with Gasteiger partial charge in [-0.2, -0.15) is 11.4 Å². The van der Waals surface area contributed by atoms with Crippen molar-refractivity contribution >= 4 is 0 Å². The van der Waals surface area contributed by atoms with Gasteiger partial charge >= 0.3 is 17.1 Å². The Bertz CT molecular complexity index is 1120. The first kappa shape index (κ1) is 20.8. The van der Waals surface area contributed by atoms with Gasteiger partial charge in [-0.1, -0.05) is 52.0 Å². The molecule has 0 saturated carbocycles. The molecule has 5 rings (SSSR count). The van der Waals surface area contributed by atoms with Crippen molar-refractivity contribution in [1.82, 2.24) is 29.1 Å². The molecule has 30 heavy (non-hydrogen) atoms. The summed E-state index contributed by atoms with van der Waals surface area (Å²) < 4.78 is 4.12. The maximum Gasteiger partial charge on any atom is 2.00 e. The van der Waals surface area contributed by atoms with E-state index < -0.39 is 0 Å². The minimum absolute atomic E-state index is 0. The van der Waals surface area contributed by atoms with E-state index in [9.17, 15) is 0 Å². The predicted molar refractivity (Wildman–Crippen MR) is 112 cm³/mol. The summed E-state index contributed by atoms with van der Waals surface area (Å²) in [7, 11) is 4.05. The van der Waals surface area contributed by atoms with E-state index in [1.165, 1.54) is 0 Å². The van der Waals surface area contributed by atoms with E-state index in [-0.39, 0.29) is 27.9 Å². The Kier molecular flexibility index (Phi) is 4.68. The summed E-state index contributed by atoms with van der Waals surface area (Å²) in [6.07, 6.45) is 4.92. The number of hydrogen-bond acceptors (Lipinski definition) is 2. The van der Waals surface area contributed by atoms with Crippen LogP contribution in [-0.2, 0) is 48.4 Å². The second-order valence-corrected chi connectivity index (χ2v) is 9.19. The van der Waals surface area contributed by atoms with E-state index in [2.05, 4.69) is 73.5 Å². The Hall–Kier alpha value is -2.50. The topological polar surface area (TPSA) is 63.8 Å². The number of aryl methyl sites for hydroxylation is 2. The first-order valence-corrected chi connectivity index (χ1v) is 10.0. The minimum atomic E-state index is -0.299. The van der Waals surface area contributed by atoms with Crippen LogP contribution in [0.1, 0.15) is 61.9 Å². The average molecular weight is 450 g/mol. The molecule has 5 heterocycles. The molecule has 0 spiro atoms. The van der Waals surface area contributed by atoms with E-state index in [0.717, 1.165) is 52.2 Å². The van der Waals surface area contributed by atoms with Gasteiger partial charge < -0.3 is 19.1 Å². The van der Waals surface area contributed by atoms with Crippen molar-refractivity contribution in [2.75, 3.05) is 0 Å². The van der Waals surface area contributed by atoms with E-state index >= 15 is 0 Å². The van der Waals surface area contributed by atoms with E-state index in [1.807, 2.05) is 14.1 Å². The van der Waals surface area contributed by atoms with Crippen LogP contribution in [0, 0.1) is 0 Å². The second kappa shape index (κ2) is 6.76. The van der Waals surface area contributed by atoms with Crippen molar-refractivity contribution < 1.29 is 17.1 Å². The van der Waals surface area contributed by atoms with Crippen molar-refractivity contribution in [1.29, 1.82) is 0 Å². The third kappa shape index (κ3) is 2.99. The summed E-state index contributed by atoms with van der Waals surface area (Å²) in [4.78, 5) is 19.9. The zero-order valence-electron chi connectivity index (χ0n) is 18.2. The molecule has 0 fully saturated rings. The molecule has 1 aliphatic heterocycles. The second-order valence-electron chi connectivity index (χ2n) is 9.19. The van der Waals surface area contributed by atoms with Crippen LogP contribution in [0.4, 0.5) is 0 Å². The molecule has 4 aromatic rings. The quantitative estimate of drug-likeness (QED) is 0.386. The number of imidazole rings is 2. The Morgan fingerprint density at radius 1 is 0.733 bits per heavy atom. The molecule has 1 aliphatic rings. The normalized spacial score (nSPS) is 16.5. The van der Waals surface area contributed by atoms with Gasteiger partial charge in [0, 0.05) is 37.3 Å². The van der Waals surface area contributed by atoms with Gasteiger partial charge in [0.15, 0.2) is 11.6 Å². The SMILES string of the molecule is Cn1cc2nc1-c1nc(cn1C)C(C)(C)c1ccc([n-]1)Cc1ccc([n-]1)C2(C)C.[Cu+2]. The first-order valence-electron chi connectivity index (χ1n) is 10.0. The third-order valence-electron chi connectivity index (χ3n) is 6.27. The molecule has 0 N–H and O–H groups in total. The van der Waals surface area contributed by atoms with Gasteiger partial charge in [0.1, 0.15) is 0 Å². The molecule has 0 amide bonds. The molecule has 6 nitrogen and oxygen atoms in total. The zero-order chi connectivity index (χ0) is 20.6. The number of nitrogens with zero attached hydrogens (tertiary/aromatic N) is 6. The van der Waals surface area contributed by atoms with Gasteiger partial charge in [-0.3, -0.25) is 0 Å². The molecule has 0 saturated heterocycles. The Morgan fingerprint density at radius 2 is 1.13 bits per heavy atom. The van der Waals surface area contributed by atoms with Crippen molar-refractivity contribution in [2.24, 2.45) is 14.1 Å². The van der Waals surface area contributed by atoms with Gasteiger partial charge in [-0.05, 0) is 6.42 Å². The van der Waals surface area contributed by atoms with Gasteiger partial charge in [0.05, 0.1) is 11.4 Å². The molecule has 4 aromatic heterocycles. The Morgan fingerprint density at radius 3 is 1.53 bits per heavy atom. The minimum Gasteiger partial charge on any atom is -0.664 e. The maximum absolute atomic E-state index is 5.00. The smallest absolute Gasteiger partial charge is 0.664 e. The van der Waals surface area contributed by atoms with Crippen molar-refractivity contribution in [3.63, 3.8) is 0 Å². The summed E-state index contributed by atoms with van der Waals surface area (Å²) >= 11 is 0. The van der Waals surface area contributed by atoms with Crippen LogP contribution < -0.4 is 9.97 Å². The molecular formula is C23H26CuN6. The molecule has 0 unspecified atom stereocenters.